The van der Waals surface area contributed by atoms with E-state index in [0.29, 0.717) is 0 Å². The van der Waals surface area contributed by atoms with Crippen molar-refractivity contribution in [3.63, 3.8) is 0 Å². The molecule has 656 valence electrons. The van der Waals surface area contributed by atoms with E-state index in [1.807, 2.05) is 12.1 Å². The normalized spacial score (nSPS) is 13.7. The van der Waals surface area contributed by atoms with Crippen LogP contribution >= 0.6 is 15.9 Å². The second-order valence-corrected chi connectivity index (χ2v) is 39.8. The third kappa shape index (κ3) is 13.1. The maximum absolute atomic E-state index is 3.73. The van der Waals surface area contributed by atoms with Crippen molar-refractivity contribution in [2.45, 2.75) is 49.4 Å². The molecule has 0 saturated heterocycles. The molecule has 0 aromatic heterocycles. The van der Waals surface area contributed by atoms with Gasteiger partial charge >= 0.3 is 0 Å². The predicted molar refractivity (Wildman–Crippen MR) is 587 cm³/mol. The van der Waals surface area contributed by atoms with Gasteiger partial charge in [0, 0.05) is 43.7 Å². The van der Waals surface area contributed by atoms with E-state index >= 15 is 0 Å². The van der Waals surface area contributed by atoms with Gasteiger partial charge in [0.1, 0.15) is 0 Å². The molecule has 139 heavy (non-hydrogen) atoms. The van der Waals surface area contributed by atoms with Crippen LogP contribution in [0.25, 0.3) is 155 Å². The van der Waals surface area contributed by atoms with Gasteiger partial charge in [-0.05, 0) is 307 Å². The summed E-state index contributed by atoms with van der Waals surface area (Å²) in [7, 11) is 0. The van der Waals surface area contributed by atoms with Crippen molar-refractivity contribution in [2.75, 3.05) is 10.2 Å². The molecular weight excluding hydrogens is 1740 g/mol. The molecular formula is C136H95BrN2. The van der Waals surface area contributed by atoms with Gasteiger partial charge in [-0.1, -0.05) is 456 Å². The molecule has 0 saturated carbocycles. The van der Waals surface area contributed by atoms with E-state index in [2.05, 4.69) is 539 Å². The van der Waals surface area contributed by atoms with E-state index in [1.165, 1.54) is 222 Å². The highest BCUT2D eigenvalue weighted by molar-refractivity contribution is 9.10. The first-order chi connectivity index (χ1) is 68.4. The van der Waals surface area contributed by atoms with Crippen LogP contribution < -0.4 is 10.2 Å². The fourth-order valence-electron chi connectivity index (χ4n) is 24.6. The third-order valence-corrected chi connectivity index (χ3v) is 31.4. The topological polar surface area (TPSA) is 15.3 Å². The highest BCUT2D eigenvalue weighted by Crippen LogP contribution is 2.69. The second-order valence-electron chi connectivity index (χ2n) is 38.9. The van der Waals surface area contributed by atoms with Crippen molar-refractivity contribution in [1.82, 2.24) is 0 Å². The molecule has 22 aromatic rings. The summed E-state index contributed by atoms with van der Waals surface area (Å²) in [5.41, 5.74) is 51.9. The third-order valence-electron chi connectivity index (χ3n) is 30.9. The first kappa shape index (κ1) is 83.1. The molecule has 28 rings (SSSR count). The smallest absolute Gasteiger partial charge is 0.0731 e. The molecule has 0 bridgehead atoms. The number of hydrogen-bond donors (Lipinski definition) is 1. The van der Waals surface area contributed by atoms with Crippen LogP contribution in [-0.2, 0) is 21.7 Å². The maximum Gasteiger partial charge on any atom is 0.0731 e. The number of nitrogens with one attached hydrogen (secondary N) is 1. The first-order valence-corrected chi connectivity index (χ1v) is 49.3. The number of hydrogen-bond acceptors (Lipinski definition) is 2. The zero-order valence-corrected chi connectivity index (χ0v) is 79.3. The van der Waals surface area contributed by atoms with Crippen LogP contribution in [0.3, 0.4) is 0 Å². The molecule has 2 spiro atoms. The Morgan fingerprint density at radius 2 is 0.453 bits per heavy atom. The minimum atomic E-state index is -0.438. The molecule has 1 N–H and O–H groups in total. The summed E-state index contributed by atoms with van der Waals surface area (Å²) in [6, 6.07) is 184. The molecule has 6 aliphatic rings. The molecule has 0 aliphatic heterocycles. The van der Waals surface area contributed by atoms with Gasteiger partial charge in [-0.25, -0.2) is 0 Å². The van der Waals surface area contributed by atoms with E-state index in [0.717, 1.165) is 32.9 Å². The average Bonchev–Trinajstić information content (AvgIpc) is 1.50. The summed E-state index contributed by atoms with van der Waals surface area (Å²) < 4.78 is 1.13. The number of halogens is 1. The summed E-state index contributed by atoms with van der Waals surface area (Å²) in [6.45, 7) is 9.56. The number of fused-ring (bicyclic) bond motifs is 30. The number of rotatable bonds is 11. The molecule has 0 heterocycles. The van der Waals surface area contributed by atoms with Gasteiger partial charge in [0.25, 0.3) is 0 Å². The van der Waals surface area contributed by atoms with Crippen LogP contribution in [0, 0.1) is 0 Å². The zero-order valence-electron chi connectivity index (χ0n) is 77.7. The Kier molecular flexibility index (Phi) is 19.7. The van der Waals surface area contributed by atoms with Crippen molar-refractivity contribution in [3.05, 3.63) is 569 Å². The quantitative estimate of drug-likeness (QED) is 0.139. The highest BCUT2D eigenvalue weighted by Gasteiger charge is 2.55. The van der Waals surface area contributed by atoms with Gasteiger partial charge in [-0.3, -0.25) is 0 Å². The van der Waals surface area contributed by atoms with Gasteiger partial charge in [0.05, 0.1) is 10.8 Å². The lowest BCUT2D eigenvalue weighted by atomic mass is 9.69. The fourth-order valence-corrected chi connectivity index (χ4v) is 24.9. The molecule has 2 nitrogen and oxygen atoms in total. The summed E-state index contributed by atoms with van der Waals surface area (Å²) >= 11 is 3.73. The molecule has 6 aliphatic carbocycles. The van der Waals surface area contributed by atoms with Gasteiger partial charge in [0.2, 0.25) is 0 Å². The largest absolute Gasteiger partial charge is 0.356 e. The van der Waals surface area contributed by atoms with Crippen molar-refractivity contribution in [2.24, 2.45) is 0 Å². The summed E-state index contributed by atoms with van der Waals surface area (Å²) in [5.74, 6) is 0. The van der Waals surface area contributed by atoms with Crippen LogP contribution in [0.1, 0.15) is 94.5 Å². The molecule has 22 aromatic carbocycles. The van der Waals surface area contributed by atoms with Crippen LogP contribution in [0.15, 0.2) is 502 Å². The standard InChI is InChI=1S/C68H47N.C44H29Br.C24H19N/c1-67(2)63-42-49(53-24-15-27-62-65(53)59-40-32-48-20-9-10-21-54(48)66(59)68(62)60-25-13-11-22-55(60)56-23-12-14-26-61(56)68)33-39-57(63)58-41-38-52(43-64(58)67)69(50-34-28-46(29-35-50)44-16-5-3-6-17-44)51-36-30-47(31-37-51)45-18-7-4-8-19-45;1-43(2)39-24-27(19-21-33(39)34-23-20-28(45)25-40(34)43)29-14-9-17-38-41(29)35-22-18-26-10-3-4-11-30(26)42(35)44(38)36-15-7-5-12-31(36)32-13-6-8-16-37(32)44;1-3-7-19(8-4-1)21-11-15-23(16-12-21)25-24-17-13-22(14-18-24)20-9-5-2-6-10-20/h3-43H,1-2H3;3-25H,1-2H3;1-18,25H. The monoisotopic (exact) mass is 1830 g/mol. The number of nitrogens with zero attached hydrogens (tertiary/aromatic N) is 1. The van der Waals surface area contributed by atoms with E-state index in [1.54, 1.807) is 0 Å². The van der Waals surface area contributed by atoms with Gasteiger partial charge < -0.3 is 10.2 Å². The van der Waals surface area contributed by atoms with E-state index in [-0.39, 0.29) is 16.2 Å². The molecule has 0 fully saturated rings. The van der Waals surface area contributed by atoms with Gasteiger partial charge in [-0.2, -0.15) is 0 Å². The zero-order chi connectivity index (χ0) is 92.8. The van der Waals surface area contributed by atoms with E-state index < -0.39 is 5.41 Å². The van der Waals surface area contributed by atoms with Crippen LogP contribution in [0.5, 0.6) is 0 Å². The maximum atomic E-state index is 3.73. The van der Waals surface area contributed by atoms with Crippen LogP contribution in [-0.4, -0.2) is 0 Å². The van der Waals surface area contributed by atoms with E-state index in [9.17, 15) is 0 Å². The van der Waals surface area contributed by atoms with E-state index in [4.69, 9.17) is 0 Å². The van der Waals surface area contributed by atoms with Crippen LogP contribution in [0.4, 0.5) is 28.4 Å². The molecule has 0 atom stereocenters. The van der Waals surface area contributed by atoms with Crippen LogP contribution in [0.2, 0.25) is 0 Å². The molecule has 3 heteroatoms. The summed E-state index contributed by atoms with van der Waals surface area (Å²) in [6.07, 6.45) is 0. The fraction of sp³-hybridized carbons (Fsp3) is 0.0588. The van der Waals surface area contributed by atoms with Gasteiger partial charge in [0.15, 0.2) is 0 Å². The molecule has 0 amide bonds. The van der Waals surface area contributed by atoms with Crippen molar-refractivity contribution >= 4 is 65.9 Å². The first-order valence-electron chi connectivity index (χ1n) is 48.5. The minimum absolute atomic E-state index is 0.0823. The average molecular weight is 1840 g/mol. The number of benzene rings is 22. The summed E-state index contributed by atoms with van der Waals surface area (Å²) in [4.78, 5) is 2.41. The SMILES string of the molecule is CC1(C)c2cc(-c3cccc4c3-c3ccc5ccccc5c3C43c4ccccc4-c4ccccc43)ccc2-c2ccc(N(c3ccc(-c4ccccc4)cc3)c3ccc(-c4ccccc4)cc3)cc21.CC1(C)c2cc(Br)ccc2-c2ccc(-c3cccc4c3-c3ccc5ccccc5c3C43c4ccccc4-c4ccccc43)cc21.c1ccc(-c2ccc(Nc3ccc(-c4ccccc4)cc3)cc2)cc1. The lowest BCUT2D eigenvalue weighted by Gasteiger charge is -2.31. The van der Waals surface area contributed by atoms with Gasteiger partial charge in [-0.15, -0.1) is 0 Å². The number of anilines is 5. The Morgan fingerprint density at radius 1 is 0.187 bits per heavy atom. The Labute approximate surface area is 821 Å². The van der Waals surface area contributed by atoms with Crippen molar-refractivity contribution in [3.8, 4) is 134 Å². The Balaban J connectivity index is 0.000000121. The Bertz CT molecular complexity index is 8420. The lowest BCUT2D eigenvalue weighted by molar-refractivity contribution is 0.660. The van der Waals surface area contributed by atoms with Crippen molar-refractivity contribution in [1.29, 1.82) is 0 Å². The highest BCUT2D eigenvalue weighted by atomic mass is 79.9. The van der Waals surface area contributed by atoms with Crippen molar-refractivity contribution < 1.29 is 0 Å². The molecule has 0 radical (unpaired) electrons. The Hall–Kier alpha value is -16.6. The lowest BCUT2D eigenvalue weighted by Crippen LogP contribution is -2.26. The molecule has 0 unspecified atom stereocenters. The summed E-state index contributed by atoms with van der Waals surface area (Å²) in [5, 5.41) is 8.67. The second kappa shape index (κ2) is 32.9. The Morgan fingerprint density at radius 3 is 0.835 bits per heavy atom. The minimum Gasteiger partial charge on any atom is -0.356 e. The predicted octanol–water partition coefficient (Wildman–Crippen LogP) is 36.6.